The summed E-state index contributed by atoms with van der Waals surface area (Å²) in [5.41, 5.74) is 7.31. The number of nitrogens with one attached hydrogen (secondary N) is 1. The number of nitrogens with two attached hydrogens (primary N) is 1. The number of hydrogen-bond acceptors (Lipinski definition) is 3. The molecule has 0 amide bonds. The Bertz CT molecular complexity index is 515. The molecule has 5 heteroatoms. The molecule has 0 aromatic heterocycles. The van der Waals surface area contributed by atoms with Crippen molar-refractivity contribution in [1.82, 2.24) is 4.72 Å². The van der Waals surface area contributed by atoms with Gasteiger partial charge in [-0.25, -0.2) is 13.1 Å². The molecule has 3 N–H and O–H groups in total. The first-order valence-corrected chi connectivity index (χ1v) is 9.40. The van der Waals surface area contributed by atoms with Crippen molar-refractivity contribution in [2.75, 3.05) is 0 Å². The molecule has 0 saturated heterocycles. The third-order valence-corrected chi connectivity index (χ3v) is 4.93. The third-order valence-electron chi connectivity index (χ3n) is 3.46. The fourth-order valence-electron chi connectivity index (χ4n) is 2.35. The molecule has 0 aliphatic rings. The number of rotatable bonds is 10. The topological polar surface area (TPSA) is 72.2 Å². The monoisotopic (exact) mass is 312 g/mol. The fraction of sp³-hybridized carbons (Fsp3) is 0.625. The Morgan fingerprint density at radius 1 is 1.19 bits per heavy atom. The van der Waals surface area contributed by atoms with Crippen LogP contribution in [0.2, 0.25) is 0 Å². The van der Waals surface area contributed by atoms with Gasteiger partial charge in [-0.1, -0.05) is 56.9 Å². The summed E-state index contributed by atoms with van der Waals surface area (Å²) >= 11 is 0. The first-order chi connectivity index (χ1) is 9.96. The summed E-state index contributed by atoms with van der Waals surface area (Å²) in [5.74, 6) is 0.0140. The summed E-state index contributed by atoms with van der Waals surface area (Å²) in [4.78, 5) is 0. The summed E-state index contributed by atoms with van der Waals surface area (Å²) in [6, 6.07) is 7.42. The van der Waals surface area contributed by atoms with Crippen LogP contribution in [0.1, 0.15) is 57.1 Å². The molecule has 1 unspecified atom stereocenters. The maximum Gasteiger partial charge on any atom is 0.216 e. The van der Waals surface area contributed by atoms with Crippen molar-refractivity contribution in [3.8, 4) is 0 Å². The molecule has 21 heavy (non-hydrogen) atoms. The lowest BCUT2D eigenvalue weighted by Gasteiger charge is -2.14. The average molecular weight is 312 g/mol. The first-order valence-electron chi connectivity index (χ1n) is 7.74. The predicted octanol–water partition coefficient (Wildman–Crippen LogP) is 2.92. The SMILES string of the molecule is CCCCCCC(C)NS(=O)(=O)Cc1cccc(CN)c1. The van der Waals surface area contributed by atoms with Crippen LogP contribution in [-0.2, 0) is 22.3 Å². The van der Waals surface area contributed by atoms with Crippen LogP contribution < -0.4 is 10.5 Å². The minimum atomic E-state index is -3.29. The number of unbranched alkanes of at least 4 members (excludes halogenated alkanes) is 3. The lowest BCUT2D eigenvalue weighted by atomic mass is 10.1. The van der Waals surface area contributed by atoms with E-state index >= 15 is 0 Å². The number of sulfonamides is 1. The van der Waals surface area contributed by atoms with Crippen LogP contribution in [-0.4, -0.2) is 14.5 Å². The zero-order valence-electron chi connectivity index (χ0n) is 13.1. The van der Waals surface area contributed by atoms with Crippen LogP contribution in [0.5, 0.6) is 0 Å². The molecular formula is C16H28N2O2S. The van der Waals surface area contributed by atoms with Crippen molar-refractivity contribution in [1.29, 1.82) is 0 Å². The fourth-order valence-corrected chi connectivity index (χ4v) is 3.78. The Hall–Kier alpha value is -0.910. The van der Waals surface area contributed by atoms with Gasteiger partial charge in [-0.3, -0.25) is 0 Å². The second kappa shape index (κ2) is 9.18. The molecule has 0 fully saturated rings. The van der Waals surface area contributed by atoms with Gasteiger partial charge in [0.1, 0.15) is 0 Å². The Morgan fingerprint density at radius 2 is 1.90 bits per heavy atom. The average Bonchev–Trinajstić information content (AvgIpc) is 2.42. The van der Waals surface area contributed by atoms with Crippen molar-refractivity contribution in [3.63, 3.8) is 0 Å². The van der Waals surface area contributed by atoms with E-state index in [1.54, 1.807) is 0 Å². The van der Waals surface area contributed by atoms with E-state index in [1.165, 1.54) is 19.3 Å². The Kier molecular flexibility index (Phi) is 7.93. The predicted molar refractivity (Wildman–Crippen MR) is 88.3 cm³/mol. The van der Waals surface area contributed by atoms with Crippen LogP contribution in [0.25, 0.3) is 0 Å². The molecule has 120 valence electrons. The van der Waals surface area contributed by atoms with Gasteiger partial charge in [0.05, 0.1) is 5.75 Å². The standard InChI is InChI=1S/C16H28N2O2S/c1-3-4-5-6-8-14(2)18-21(19,20)13-16-10-7-9-15(11-16)12-17/h7,9-11,14,18H,3-6,8,12-13,17H2,1-2H3. The van der Waals surface area contributed by atoms with Gasteiger partial charge in [0.25, 0.3) is 0 Å². The van der Waals surface area contributed by atoms with E-state index in [0.29, 0.717) is 6.54 Å². The van der Waals surface area contributed by atoms with Crippen molar-refractivity contribution in [2.45, 2.75) is 64.3 Å². The Balaban J connectivity index is 2.48. The van der Waals surface area contributed by atoms with E-state index in [-0.39, 0.29) is 11.8 Å². The van der Waals surface area contributed by atoms with Gasteiger partial charge < -0.3 is 5.73 Å². The summed E-state index contributed by atoms with van der Waals surface area (Å²) in [6.07, 6.45) is 5.53. The van der Waals surface area contributed by atoms with Crippen molar-refractivity contribution >= 4 is 10.0 Å². The molecule has 0 heterocycles. The van der Waals surface area contributed by atoms with Gasteiger partial charge in [-0.05, 0) is 24.5 Å². The minimum absolute atomic E-state index is 0.00968. The van der Waals surface area contributed by atoms with Gasteiger partial charge in [0, 0.05) is 12.6 Å². The van der Waals surface area contributed by atoms with Crippen LogP contribution in [0, 0.1) is 0 Å². The van der Waals surface area contributed by atoms with Crippen LogP contribution in [0.4, 0.5) is 0 Å². The molecule has 0 saturated carbocycles. The van der Waals surface area contributed by atoms with Gasteiger partial charge in [-0.2, -0.15) is 0 Å². The maximum atomic E-state index is 12.2. The van der Waals surface area contributed by atoms with Crippen LogP contribution in [0.15, 0.2) is 24.3 Å². The van der Waals surface area contributed by atoms with Gasteiger partial charge >= 0.3 is 0 Å². The molecule has 1 aromatic carbocycles. The maximum absolute atomic E-state index is 12.2. The van der Waals surface area contributed by atoms with E-state index < -0.39 is 10.0 Å². The summed E-state index contributed by atoms with van der Waals surface area (Å²) < 4.78 is 27.1. The molecular weight excluding hydrogens is 284 g/mol. The molecule has 4 nitrogen and oxygen atoms in total. The normalized spacial score (nSPS) is 13.3. The summed E-state index contributed by atoms with van der Waals surface area (Å²) in [6.45, 7) is 4.52. The molecule has 1 aromatic rings. The summed E-state index contributed by atoms with van der Waals surface area (Å²) in [7, 11) is -3.29. The zero-order valence-corrected chi connectivity index (χ0v) is 14.0. The van der Waals surface area contributed by atoms with E-state index in [9.17, 15) is 8.42 Å². The molecule has 0 radical (unpaired) electrons. The van der Waals surface area contributed by atoms with Crippen molar-refractivity contribution in [3.05, 3.63) is 35.4 Å². The van der Waals surface area contributed by atoms with E-state index in [4.69, 9.17) is 5.73 Å². The second-order valence-corrected chi connectivity index (χ2v) is 7.41. The Morgan fingerprint density at radius 3 is 2.57 bits per heavy atom. The van der Waals surface area contributed by atoms with E-state index in [2.05, 4.69) is 11.6 Å². The lowest BCUT2D eigenvalue weighted by molar-refractivity contribution is 0.521. The molecule has 0 bridgehead atoms. The highest BCUT2D eigenvalue weighted by molar-refractivity contribution is 7.88. The first kappa shape index (κ1) is 18.1. The zero-order chi connectivity index (χ0) is 15.7. The van der Waals surface area contributed by atoms with Crippen molar-refractivity contribution < 1.29 is 8.42 Å². The van der Waals surface area contributed by atoms with Gasteiger partial charge in [0.15, 0.2) is 0 Å². The third kappa shape index (κ3) is 7.60. The highest BCUT2D eigenvalue weighted by Gasteiger charge is 2.15. The molecule has 0 aliphatic carbocycles. The molecule has 1 rings (SSSR count). The van der Waals surface area contributed by atoms with Gasteiger partial charge in [0.2, 0.25) is 10.0 Å². The van der Waals surface area contributed by atoms with Crippen LogP contribution >= 0.6 is 0 Å². The van der Waals surface area contributed by atoms with E-state index in [0.717, 1.165) is 24.0 Å². The number of benzene rings is 1. The lowest BCUT2D eigenvalue weighted by Crippen LogP contribution is -2.33. The van der Waals surface area contributed by atoms with Crippen molar-refractivity contribution in [2.24, 2.45) is 5.73 Å². The molecule has 0 aliphatic heterocycles. The van der Waals surface area contributed by atoms with E-state index in [1.807, 2.05) is 31.2 Å². The second-order valence-electron chi connectivity index (χ2n) is 5.65. The highest BCUT2D eigenvalue weighted by Crippen LogP contribution is 2.10. The molecule has 1 atom stereocenters. The quantitative estimate of drug-likeness (QED) is 0.652. The highest BCUT2D eigenvalue weighted by atomic mass is 32.2. The largest absolute Gasteiger partial charge is 0.326 e. The molecule has 0 spiro atoms. The Labute approximate surface area is 129 Å². The van der Waals surface area contributed by atoms with Gasteiger partial charge in [-0.15, -0.1) is 0 Å². The summed E-state index contributed by atoms with van der Waals surface area (Å²) in [5, 5.41) is 0. The smallest absolute Gasteiger partial charge is 0.216 e. The number of hydrogen-bond donors (Lipinski definition) is 2. The minimum Gasteiger partial charge on any atom is -0.326 e. The van der Waals surface area contributed by atoms with Crippen LogP contribution in [0.3, 0.4) is 0 Å².